The molecule has 0 saturated heterocycles. The van der Waals surface area contributed by atoms with Gasteiger partial charge in [0, 0.05) is 6.54 Å². The molecular formula is C11H16BrNO2S. The molecule has 1 unspecified atom stereocenters. The van der Waals surface area contributed by atoms with Gasteiger partial charge < -0.3 is 10.4 Å². The third kappa shape index (κ3) is 3.88. The highest BCUT2D eigenvalue weighted by Crippen LogP contribution is 2.27. The minimum absolute atomic E-state index is 0.0675. The van der Waals surface area contributed by atoms with E-state index < -0.39 is 0 Å². The topological polar surface area (TPSA) is 49.3 Å². The number of nitrogens with one attached hydrogen (secondary N) is 1. The largest absolute Gasteiger partial charge is 0.393 e. The Morgan fingerprint density at radius 1 is 1.69 bits per heavy atom. The number of amides is 1. The second-order valence-electron chi connectivity index (χ2n) is 3.67. The Morgan fingerprint density at radius 2 is 2.38 bits per heavy atom. The van der Waals surface area contributed by atoms with Crippen LogP contribution in [0.15, 0.2) is 9.85 Å². The predicted molar refractivity (Wildman–Crippen MR) is 70.0 cm³/mol. The molecule has 3 nitrogen and oxygen atoms in total. The number of rotatable bonds is 5. The number of aryl methyl sites for hydroxylation is 1. The number of hydrogen-bond donors (Lipinski definition) is 2. The summed E-state index contributed by atoms with van der Waals surface area (Å²) in [5.74, 6) is -0.0675. The molecule has 0 fully saturated rings. The molecule has 0 saturated carbocycles. The van der Waals surface area contributed by atoms with E-state index in [9.17, 15) is 9.90 Å². The van der Waals surface area contributed by atoms with Gasteiger partial charge in [0.1, 0.15) is 0 Å². The van der Waals surface area contributed by atoms with Crippen LogP contribution in [0, 0.1) is 6.92 Å². The van der Waals surface area contributed by atoms with Crippen LogP contribution < -0.4 is 5.32 Å². The van der Waals surface area contributed by atoms with Crippen molar-refractivity contribution in [2.24, 2.45) is 0 Å². The number of aliphatic hydroxyl groups excluding tert-OH is 1. The number of hydrogen-bond acceptors (Lipinski definition) is 3. The van der Waals surface area contributed by atoms with E-state index in [1.807, 2.05) is 19.9 Å². The molecule has 0 aliphatic rings. The summed E-state index contributed by atoms with van der Waals surface area (Å²) in [6, 6.07) is 1.86. The van der Waals surface area contributed by atoms with E-state index in [-0.39, 0.29) is 12.0 Å². The Labute approximate surface area is 108 Å². The first-order valence-electron chi connectivity index (χ1n) is 5.26. The smallest absolute Gasteiger partial charge is 0.261 e. The van der Waals surface area contributed by atoms with Crippen molar-refractivity contribution in [3.63, 3.8) is 0 Å². The van der Waals surface area contributed by atoms with Gasteiger partial charge in [-0.25, -0.2) is 0 Å². The molecule has 5 heteroatoms. The number of carbonyl (C=O) groups is 1. The molecule has 0 radical (unpaired) electrons. The highest BCUT2D eigenvalue weighted by atomic mass is 79.9. The van der Waals surface area contributed by atoms with Crippen LogP contribution in [0.3, 0.4) is 0 Å². The van der Waals surface area contributed by atoms with Gasteiger partial charge >= 0.3 is 0 Å². The molecule has 0 aliphatic carbocycles. The normalized spacial score (nSPS) is 12.5. The average molecular weight is 306 g/mol. The standard InChI is InChI=1S/C11H16BrNO2S/c1-3-8(14)4-5-13-11(15)9-6-7(2)10(12)16-9/h6,8,14H,3-5H2,1-2H3,(H,13,15). The molecule has 1 aromatic heterocycles. The van der Waals surface area contributed by atoms with Gasteiger partial charge in [-0.2, -0.15) is 0 Å². The number of aliphatic hydroxyl groups is 1. The van der Waals surface area contributed by atoms with Crippen molar-refractivity contribution >= 4 is 33.2 Å². The summed E-state index contributed by atoms with van der Waals surface area (Å²) in [6.45, 7) is 4.40. The summed E-state index contributed by atoms with van der Waals surface area (Å²) in [6.07, 6.45) is 1.00. The quantitative estimate of drug-likeness (QED) is 0.879. The first kappa shape index (κ1) is 13.7. The lowest BCUT2D eigenvalue weighted by atomic mass is 10.2. The van der Waals surface area contributed by atoms with Crippen molar-refractivity contribution in [2.75, 3.05) is 6.54 Å². The van der Waals surface area contributed by atoms with Crippen molar-refractivity contribution in [3.05, 3.63) is 20.3 Å². The lowest BCUT2D eigenvalue weighted by molar-refractivity contribution is 0.0946. The van der Waals surface area contributed by atoms with Gasteiger partial charge in [0.15, 0.2) is 0 Å². The highest BCUT2D eigenvalue weighted by molar-refractivity contribution is 9.11. The van der Waals surface area contributed by atoms with Crippen molar-refractivity contribution < 1.29 is 9.90 Å². The minimum atomic E-state index is -0.322. The van der Waals surface area contributed by atoms with Crippen LogP contribution in [0.5, 0.6) is 0 Å². The van der Waals surface area contributed by atoms with Crippen LogP contribution in [-0.4, -0.2) is 23.7 Å². The van der Waals surface area contributed by atoms with Crippen molar-refractivity contribution in [1.82, 2.24) is 5.32 Å². The average Bonchev–Trinajstić information content (AvgIpc) is 2.59. The Morgan fingerprint density at radius 3 is 2.88 bits per heavy atom. The maximum atomic E-state index is 11.7. The molecule has 90 valence electrons. The van der Waals surface area contributed by atoms with E-state index in [4.69, 9.17) is 0 Å². The molecular weight excluding hydrogens is 290 g/mol. The van der Waals surface area contributed by atoms with Gasteiger partial charge in [-0.1, -0.05) is 6.92 Å². The minimum Gasteiger partial charge on any atom is -0.393 e. The SMILES string of the molecule is CCC(O)CCNC(=O)c1cc(C)c(Br)s1. The maximum absolute atomic E-state index is 11.7. The van der Waals surface area contributed by atoms with Crippen LogP contribution in [-0.2, 0) is 0 Å². The molecule has 0 aliphatic heterocycles. The fourth-order valence-electron chi connectivity index (χ4n) is 1.22. The third-order valence-electron chi connectivity index (χ3n) is 2.32. The fraction of sp³-hybridized carbons (Fsp3) is 0.545. The molecule has 2 N–H and O–H groups in total. The highest BCUT2D eigenvalue weighted by Gasteiger charge is 2.11. The monoisotopic (exact) mass is 305 g/mol. The van der Waals surface area contributed by atoms with Gasteiger partial charge in [-0.3, -0.25) is 4.79 Å². The van der Waals surface area contributed by atoms with Crippen LogP contribution >= 0.6 is 27.3 Å². The summed E-state index contributed by atoms with van der Waals surface area (Å²) < 4.78 is 0.992. The lowest BCUT2D eigenvalue weighted by Gasteiger charge is -2.07. The first-order valence-corrected chi connectivity index (χ1v) is 6.87. The Hall–Kier alpha value is -0.390. The van der Waals surface area contributed by atoms with E-state index in [2.05, 4.69) is 21.2 Å². The number of carbonyl (C=O) groups excluding carboxylic acids is 1. The van der Waals surface area contributed by atoms with Crippen LogP contribution in [0.2, 0.25) is 0 Å². The maximum Gasteiger partial charge on any atom is 0.261 e. The zero-order chi connectivity index (χ0) is 12.1. The summed E-state index contributed by atoms with van der Waals surface area (Å²) >= 11 is 4.81. The molecule has 0 bridgehead atoms. The van der Waals surface area contributed by atoms with Gasteiger partial charge in [0.2, 0.25) is 0 Å². The second kappa shape index (κ2) is 6.37. The molecule has 1 atom stereocenters. The number of halogens is 1. The van der Waals surface area contributed by atoms with Crippen molar-refractivity contribution in [1.29, 1.82) is 0 Å². The Bertz CT molecular complexity index is 345. The van der Waals surface area contributed by atoms with Gasteiger partial charge in [-0.05, 0) is 47.3 Å². The number of thiophene rings is 1. The van der Waals surface area contributed by atoms with E-state index in [1.165, 1.54) is 11.3 Å². The molecule has 0 aromatic carbocycles. The summed E-state index contributed by atoms with van der Waals surface area (Å²) in [5, 5.41) is 12.1. The van der Waals surface area contributed by atoms with E-state index in [0.29, 0.717) is 17.8 Å². The van der Waals surface area contributed by atoms with Crippen molar-refractivity contribution in [3.8, 4) is 0 Å². The molecule has 1 rings (SSSR count). The zero-order valence-corrected chi connectivity index (χ0v) is 11.8. The van der Waals surface area contributed by atoms with Crippen LogP contribution in [0.4, 0.5) is 0 Å². The lowest BCUT2D eigenvalue weighted by Crippen LogP contribution is -2.26. The third-order valence-corrected chi connectivity index (χ3v) is 4.45. The molecule has 1 aromatic rings. The second-order valence-corrected chi connectivity index (χ2v) is 6.04. The van der Waals surface area contributed by atoms with Gasteiger partial charge in [0.25, 0.3) is 5.91 Å². The van der Waals surface area contributed by atoms with E-state index >= 15 is 0 Å². The summed E-state index contributed by atoms with van der Waals surface area (Å²) in [5.41, 5.74) is 1.07. The molecule has 0 spiro atoms. The Kier molecular flexibility index (Phi) is 5.44. The zero-order valence-electron chi connectivity index (χ0n) is 9.42. The Balaban J connectivity index is 2.41. The molecule has 1 heterocycles. The first-order chi connectivity index (χ1) is 7.54. The van der Waals surface area contributed by atoms with Gasteiger partial charge in [0.05, 0.1) is 14.8 Å². The predicted octanol–water partition coefficient (Wildman–Crippen LogP) is 2.71. The van der Waals surface area contributed by atoms with Crippen molar-refractivity contribution in [2.45, 2.75) is 32.8 Å². The summed E-state index contributed by atoms with van der Waals surface area (Å²) in [7, 11) is 0. The van der Waals surface area contributed by atoms with E-state index in [0.717, 1.165) is 15.8 Å². The summed E-state index contributed by atoms with van der Waals surface area (Å²) in [4.78, 5) is 12.4. The fourth-order valence-corrected chi connectivity index (χ4v) is 2.67. The van der Waals surface area contributed by atoms with Crippen LogP contribution in [0.1, 0.15) is 35.0 Å². The van der Waals surface area contributed by atoms with Crippen LogP contribution in [0.25, 0.3) is 0 Å². The van der Waals surface area contributed by atoms with Gasteiger partial charge in [-0.15, -0.1) is 11.3 Å². The molecule has 1 amide bonds. The van der Waals surface area contributed by atoms with E-state index in [1.54, 1.807) is 0 Å². The molecule has 16 heavy (non-hydrogen) atoms.